The Bertz CT molecular complexity index is 357. The van der Waals surface area contributed by atoms with Crippen LogP contribution in [0.25, 0.3) is 0 Å². The molecule has 0 aliphatic carbocycles. The Labute approximate surface area is 109 Å². The van der Waals surface area contributed by atoms with Crippen LogP contribution in [0.5, 0.6) is 5.75 Å². The lowest BCUT2D eigenvalue weighted by atomic mass is 10.1. The molecule has 0 heterocycles. The average molecular weight is 249 g/mol. The van der Waals surface area contributed by atoms with E-state index in [1.165, 1.54) is 19.3 Å². The van der Waals surface area contributed by atoms with Gasteiger partial charge in [0.1, 0.15) is 5.75 Å². The second-order valence-electron chi connectivity index (χ2n) is 4.33. The van der Waals surface area contributed by atoms with Crippen molar-refractivity contribution < 1.29 is 9.94 Å². The fraction of sp³-hybridized carbons (Fsp3) is 0.533. The van der Waals surface area contributed by atoms with E-state index in [0.717, 1.165) is 24.3 Å². The normalized spacial score (nSPS) is 11.6. The van der Waals surface area contributed by atoms with Gasteiger partial charge in [-0.1, -0.05) is 38.3 Å². The minimum absolute atomic E-state index is 0.699. The molecule has 1 rings (SSSR count). The lowest BCUT2D eigenvalue weighted by molar-refractivity contribution is 0.305. The molecule has 100 valence electrons. The van der Waals surface area contributed by atoms with Crippen molar-refractivity contribution in [2.45, 2.75) is 46.0 Å². The zero-order valence-electron chi connectivity index (χ0n) is 11.4. The number of unbranched alkanes of at least 4 members (excludes halogenated alkanes) is 3. The molecule has 3 heteroatoms. The summed E-state index contributed by atoms with van der Waals surface area (Å²) in [7, 11) is 0. The Morgan fingerprint density at radius 2 is 1.83 bits per heavy atom. The molecule has 0 atom stereocenters. The Morgan fingerprint density at radius 1 is 1.11 bits per heavy atom. The van der Waals surface area contributed by atoms with Gasteiger partial charge in [0.25, 0.3) is 0 Å². The van der Waals surface area contributed by atoms with Crippen molar-refractivity contribution in [1.29, 1.82) is 0 Å². The van der Waals surface area contributed by atoms with Gasteiger partial charge in [0, 0.05) is 0 Å². The van der Waals surface area contributed by atoms with Crippen LogP contribution in [0.3, 0.4) is 0 Å². The highest BCUT2D eigenvalue weighted by Gasteiger charge is 2.02. The van der Waals surface area contributed by atoms with Crippen LogP contribution in [0.1, 0.15) is 51.5 Å². The van der Waals surface area contributed by atoms with Gasteiger partial charge in [0.2, 0.25) is 0 Å². The SMILES string of the molecule is CCCCCCOc1ccc(/C(CC)=N/O)cc1. The van der Waals surface area contributed by atoms with Crippen molar-refractivity contribution in [2.75, 3.05) is 6.61 Å². The van der Waals surface area contributed by atoms with E-state index in [9.17, 15) is 0 Å². The lowest BCUT2D eigenvalue weighted by Crippen LogP contribution is -2.00. The predicted octanol–water partition coefficient (Wildman–Crippen LogP) is 4.23. The minimum atomic E-state index is 0.699. The van der Waals surface area contributed by atoms with Gasteiger partial charge in [-0.2, -0.15) is 0 Å². The van der Waals surface area contributed by atoms with Crippen LogP contribution in [-0.4, -0.2) is 17.5 Å². The molecule has 3 nitrogen and oxygen atoms in total. The molecule has 1 aromatic carbocycles. The Morgan fingerprint density at radius 3 is 2.39 bits per heavy atom. The van der Waals surface area contributed by atoms with E-state index in [0.29, 0.717) is 12.1 Å². The summed E-state index contributed by atoms with van der Waals surface area (Å²) in [5.41, 5.74) is 1.64. The first-order chi connectivity index (χ1) is 8.81. The quantitative estimate of drug-likeness (QED) is 0.324. The number of oxime groups is 1. The van der Waals surface area contributed by atoms with Crippen LogP contribution in [0, 0.1) is 0 Å². The highest BCUT2D eigenvalue weighted by molar-refractivity contribution is 6.00. The van der Waals surface area contributed by atoms with Crippen LogP contribution < -0.4 is 4.74 Å². The number of nitrogens with zero attached hydrogens (tertiary/aromatic N) is 1. The van der Waals surface area contributed by atoms with Crippen LogP contribution in [0.4, 0.5) is 0 Å². The highest BCUT2D eigenvalue weighted by Crippen LogP contribution is 2.14. The summed E-state index contributed by atoms with van der Waals surface area (Å²) in [4.78, 5) is 0. The third-order valence-electron chi connectivity index (χ3n) is 2.91. The first-order valence-electron chi connectivity index (χ1n) is 6.76. The fourth-order valence-electron chi connectivity index (χ4n) is 1.79. The van der Waals surface area contributed by atoms with Crippen LogP contribution in [0.2, 0.25) is 0 Å². The van der Waals surface area contributed by atoms with E-state index >= 15 is 0 Å². The molecule has 0 radical (unpaired) electrons. The summed E-state index contributed by atoms with van der Waals surface area (Å²) in [6.07, 6.45) is 5.57. The summed E-state index contributed by atoms with van der Waals surface area (Å²) in [5.74, 6) is 0.878. The molecule has 1 aromatic rings. The van der Waals surface area contributed by atoms with Crippen molar-refractivity contribution in [2.24, 2.45) is 5.16 Å². The van der Waals surface area contributed by atoms with Gasteiger partial charge in [-0.15, -0.1) is 0 Å². The highest BCUT2D eigenvalue weighted by atomic mass is 16.5. The third kappa shape index (κ3) is 4.78. The van der Waals surface area contributed by atoms with E-state index in [1.54, 1.807) is 0 Å². The smallest absolute Gasteiger partial charge is 0.119 e. The molecule has 0 spiro atoms. The maximum atomic E-state index is 8.83. The van der Waals surface area contributed by atoms with E-state index < -0.39 is 0 Å². The minimum Gasteiger partial charge on any atom is -0.494 e. The molecule has 0 unspecified atom stereocenters. The largest absolute Gasteiger partial charge is 0.494 e. The van der Waals surface area contributed by atoms with Crippen molar-refractivity contribution in [3.8, 4) is 5.75 Å². The molecule has 0 amide bonds. The van der Waals surface area contributed by atoms with Crippen LogP contribution >= 0.6 is 0 Å². The predicted molar refractivity (Wildman–Crippen MR) is 74.7 cm³/mol. The second kappa shape index (κ2) is 8.56. The molecular weight excluding hydrogens is 226 g/mol. The van der Waals surface area contributed by atoms with E-state index in [-0.39, 0.29) is 0 Å². The zero-order valence-corrected chi connectivity index (χ0v) is 11.4. The fourth-order valence-corrected chi connectivity index (χ4v) is 1.79. The molecule has 0 saturated carbocycles. The maximum Gasteiger partial charge on any atom is 0.119 e. The summed E-state index contributed by atoms with van der Waals surface area (Å²) in [6.45, 7) is 4.94. The van der Waals surface area contributed by atoms with Gasteiger partial charge in [-0.05, 0) is 42.7 Å². The van der Waals surface area contributed by atoms with E-state index in [4.69, 9.17) is 9.94 Å². The number of hydrogen-bond acceptors (Lipinski definition) is 3. The van der Waals surface area contributed by atoms with Crippen molar-refractivity contribution in [3.63, 3.8) is 0 Å². The summed E-state index contributed by atoms with van der Waals surface area (Å²) in [6, 6.07) is 7.71. The summed E-state index contributed by atoms with van der Waals surface area (Å²) < 4.78 is 5.65. The molecule has 18 heavy (non-hydrogen) atoms. The molecule has 0 saturated heterocycles. The molecular formula is C15H23NO2. The molecule has 0 aliphatic rings. The second-order valence-corrected chi connectivity index (χ2v) is 4.33. The van der Waals surface area contributed by atoms with E-state index in [1.807, 2.05) is 31.2 Å². The standard InChI is InChI=1S/C15H23NO2/c1-3-5-6-7-12-18-14-10-8-13(9-11-14)15(4-2)16-17/h8-11,17H,3-7,12H2,1-2H3/b16-15+. The number of hydrogen-bond donors (Lipinski definition) is 1. The summed E-state index contributed by atoms with van der Waals surface area (Å²) >= 11 is 0. The Kier molecular flexibility index (Phi) is 6.92. The zero-order chi connectivity index (χ0) is 13.2. The first kappa shape index (κ1) is 14.6. The lowest BCUT2D eigenvalue weighted by Gasteiger charge is -2.07. The van der Waals surface area contributed by atoms with Gasteiger partial charge in [0.05, 0.1) is 12.3 Å². The van der Waals surface area contributed by atoms with Crippen LogP contribution in [-0.2, 0) is 0 Å². The van der Waals surface area contributed by atoms with Crippen molar-refractivity contribution in [1.82, 2.24) is 0 Å². The molecule has 0 fully saturated rings. The Hall–Kier alpha value is -1.51. The molecule has 0 aliphatic heterocycles. The van der Waals surface area contributed by atoms with Gasteiger partial charge < -0.3 is 9.94 Å². The Balaban J connectivity index is 2.41. The monoisotopic (exact) mass is 249 g/mol. The van der Waals surface area contributed by atoms with Crippen LogP contribution in [0.15, 0.2) is 29.4 Å². The maximum absolute atomic E-state index is 8.83. The number of rotatable bonds is 8. The van der Waals surface area contributed by atoms with Crippen molar-refractivity contribution >= 4 is 5.71 Å². The molecule has 0 bridgehead atoms. The molecule has 1 N–H and O–H groups in total. The van der Waals surface area contributed by atoms with Gasteiger partial charge >= 0.3 is 0 Å². The van der Waals surface area contributed by atoms with Gasteiger partial charge in [-0.25, -0.2) is 0 Å². The average Bonchev–Trinajstić information content (AvgIpc) is 2.41. The molecule has 0 aromatic heterocycles. The van der Waals surface area contributed by atoms with Gasteiger partial charge in [0.15, 0.2) is 0 Å². The first-order valence-corrected chi connectivity index (χ1v) is 6.76. The topological polar surface area (TPSA) is 41.8 Å². The van der Waals surface area contributed by atoms with E-state index in [2.05, 4.69) is 12.1 Å². The third-order valence-corrected chi connectivity index (χ3v) is 2.91. The van der Waals surface area contributed by atoms with Crippen molar-refractivity contribution in [3.05, 3.63) is 29.8 Å². The number of benzene rings is 1. The summed E-state index contributed by atoms with van der Waals surface area (Å²) in [5, 5.41) is 12.1. The number of ether oxygens (including phenoxy) is 1. The van der Waals surface area contributed by atoms with Gasteiger partial charge in [-0.3, -0.25) is 0 Å².